The molecule has 2 atom stereocenters. The lowest BCUT2D eigenvalue weighted by Gasteiger charge is -2.35. The molecule has 2 aliphatic rings. The first-order valence-electron chi connectivity index (χ1n) is 7.16. The highest BCUT2D eigenvalue weighted by atomic mass is 15.3. The van der Waals surface area contributed by atoms with E-state index in [0.29, 0.717) is 11.5 Å². The highest BCUT2D eigenvalue weighted by Crippen LogP contribution is 2.48. The molecule has 1 N–H and O–H groups in total. The number of hydrogen-bond donors (Lipinski definition) is 1. The fourth-order valence-corrected chi connectivity index (χ4v) is 3.23. The fraction of sp³-hybridized carbons (Fsp3) is 0.625. The van der Waals surface area contributed by atoms with E-state index in [1.807, 2.05) is 0 Å². The molecule has 1 saturated carbocycles. The van der Waals surface area contributed by atoms with Crippen LogP contribution in [0.3, 0.4) is 0 Å². The van der Waals surface area contributed by atoms with Gasteiger partial charge in [-0.1, -0.05) is 44.2 Å². The molecule has 1 aromatic rings. The van der Waals surface area contributed by atoms with Crippen molar-refractivity contribution in [3.63, 3.8) is 0 Å². The Hall–Kier alpha value is -0.860. The lowest BCUT2D eigenvalue weighted by Crippen LogP contribution is -2.52. The second kappa shape index (κ2) is 4.67. The number of hydrogen-bond acceptors (Lipinski definition) is 2. The van der Waals surface area contributed by atoms with E-state index >= 15 is 0 Å². The molecule has 1 saturated heterocycles. The maximum atomic E-state index is 3.67. The van der Waals surface area contributed by atoms with Crippen LogP contribution < -0.4 is 5.32 Å². The van der Waals surface area contributed by atoms with Crippen LogP contribution in [-0.2, 0) is 6.42 Å². The smallest absolute Gasteiger partial charge is 0.0236 e. The molecular formula is C16H24N2. The summed E-state index contributed by atoms with van der Waals surface area (Å²) in [5.41, 5.74) is 2.01. The molecule has 2 nitrogen and oxygen atoms in total. The lowest BCUT2D eigenvalue weighted by molar-refractivity contribution is 0.173. The van der Waals surface area contributed by atoms with Gasteiger partial charge in [-0.05, 0) is 23.8 Å². The monoisotopic (exact) mass is 244 g/mol. The molecule has 1 heterocycles. The van der Waals surface area contributed by atoms with Crippen molar-refractivity contribution in [1.29, 1.82) is 0 Å². The predicted octanol–water partition coefficient (Wildman–Crippen LogP) is 2.30. The van der Waals surface area contributed by atoms with Gasteiger partial charge in [0.25, 0.3) is 0 Å². The van der Waals surface area contributed by atoms with Crippen LogP contribution in [0, 0.1) is 5.41 Å². The van der Waals surface area contributed by atoms with Gasteiger partial charge in [0.1, 0.15) is 0 Å². The summed E-state index contributed by atoms with van der Waals surface area (Å²) in [6.07, 6.45) is 2.54. The highest BCUT2D eigenvalue weighted by Gasteiger charge is 2.49. The molecule has 2 unspecified atom stereocenters. The zero-order chi connectivity index (χ0) is 12.6. The van der Waals surface area contributed by atoms with Gasteiger partial charge in [-0.2, -0.15) is 0 Å². The summed E-state index contributed by atoms with van der Waals surface area (Å²) in [7, 11) is 0. The number of piperazine rings is 1. The summed E-state index contributed by atoms with van der Waals surface area (Å²) >= 11 is 0. The Morgan fingerprint density at radius 1 is 1.28 bits per heavy atom. The molecule has 2 heteroatoms. The minimum Gasteiger partial charge on any atom is -0.311 e. The summed E-state index contributed by atoms with van der Waals surface area (Å²) in [5, 5.41) is 3.67. The van der Waals surface area contributed by atoms with Gasteiger partial charge in [-0.25, -0.2) is 0 Å². The Balaban J connectivity index is 1.58. The first-order valence-corrected chi connectivity index (χ1v) is 7.16. The Morgan fingerprint density at radius 3 is 2.67 bits per heavy atom. The minimum atomic E-state index is 0.564. The van der Waals surface area contributed by atoms with Crippen molar-refractivity contribution < 1.29 is 0 Å². The van der Waals surface area contributed by atoms with Gasteiger partial charge in [0.2, 0.25) is 0 Å². The number of rotatable bonds is 3. The quantitative estimate of drug-likeness (QED) is 0.877. The fourth-order valence-electron chi connectivity index (χ4n) is 3.23. The molecule has 0 amide bonds. The van der Waals surface area contributed by atoms with Crippen LogP contribution in [0.2, 0.25) is 0 Å². The van der Waals surface area contributed by atoms with E-state index < -0.39 is 0 Å². The molecule has 18 heavy (non-hydrogen) atoms. The van der Waals surface area contributed by atoms with Gasteiger partial charge in [-0.3, -0.25) is 4.90 Å². The summed E-state index contributed by atoms with van der Waals surface area (Å²) < 4.78 is 0. The molecule has 0 radical (unpaired) electrons. The largest absolute Gasteiger partial charge is 0.311 e. The Bertz CT molecular complexity index is 399. The molecule has 0 bridgehead atoms. The molecule has 1 aliphatic heterocycles. The normalized spacial score (nSPS) is 31.2. The van der Waals surface area contributed by atoms with E-state index in [4.69, 9.17) is 0 Å². The molecule has 1 aliphatic carbocycles. The molecule has 3 rings (SSSR count). The average Bonchev–Trinajstić information content (AvgIpc) is 3.00. The maximum Gasteiger partial charge on any atom is 0.0236 e. The van der Waals surface area contributed by atoms with Crippen LogP contribution in [0.15, 0.2) is 30.3 Å². The van der Waals surface area contributed by atoms with E-state index in [-0.39, 0.29) is 0 Å². The van der Waals surface area contributed by atoms with Crippen LogP contribution in [0.1, 0.15) is 25.8 Å². The highest BCUT2D eigenvalue weighted by molar-refractivity contribution is 5.16. The van der Waals surface area contributed by atoms with Gasteiger partial charge in [0, 0.05) is 31.7 Å². The third-order valence-electron chi connectivity index (χ3n) is 4.51. The van der Waals surface area contributed by atoms with Crippen LogP contribution >= 0.6 is 0 Å². The van der Waals surface area contributed by atoms with Crippen LogP contribution in [0.25, 0.3) is 0 Å². The predicted molar refractivity (Wildman–Crippen MR) is 75.7 cm³/mol. The Morgan fingerprint density at radius 2 is 2.00 bits per heavy atom. The van der Waals surface area contributed by atoms with Crippen molar-refractivity contribution in [1.82, 2.24) is 10.2 Å². The Labute approximate surface area is 110 Å². The zero-order valence-corrected chi connectivity index (χ0v) is 11.5. The molecule has 1 aromatic carbocycles. The topological polar surface area (TPSA) is 15.3 Å². The van der Waals surface area contributed by atoms with E-state index in [9.17, 15) is 0 Å². The lowest BCUT2D eigenvalue weighted by atomic mass is 10.0. The summed E-state index contributed by atoms with van der Waals surface area (Å²) in [6, 6.07) is 12.3. The first-order chi connectivity index (χ1) is 8.65. The summed E-state index contributed by atoms with van der Waals surface area (Å²) in [5.74, 6) is 0. The van der Waals surface area contributed by atoms with Crippen molar-refractivity contribution in [2.45, 2.75) is 38.8 Å². The van der Waals surface area contributed by atoms with E-state index in [0.717, 1.165) is 19.0 Å². The van der Waals surface area contributed by atoms with Crippen molar-refractivity contribution in [3.8, 4) is 0 Å². The van der Waals surface area contributed by atoms with Gasteiger partial charge in [0.05, 0.1) is 0 Å². The summed E-state index contributed by atoms with van der Waals surface area (Å²) in [6.45, 7) is 8.37. The van der Waals surface area contributed by atoms with Crippen LogP contribution in [-0.4, -0.2) is 36.6 Å². The standard InChI is InChI=1S/C16H24N2/c1-16(2)11-15(16)18-9-8-17-14(12-18)10-13-6-4-3-5-7-13/h3-7,14-15,17H,8-12H2,1-2H3. The molecule has 2 fully saturated rings. The SMILES string of the molecule is CC1(C)CC1N1CCNC(Cc2ccccc2)C1. The summed E-state index contributed by atoms with van der Waals surface area (Å²) in [4.78, 5) is 2.70. The van der Waals surface area contributed by atoms with E-state index in [1.54, 1.807) is 0 Å². The maximum absolute atomic E-state index is 3.67. The van der Waals surface area contributed by atoms with Crippen LogP contribution in [0.4, 0.5) is 0 Å². The molecule has 0 spiro atoms. The first kappa shape index (κ1) is 12.2. The number of benzene rings is 1. The third-order valence-corrected chi connectivity index (χ3v) is 4.51. The van der Waals surface area contributed by atoms with Crippen molar-refractivity contribution in [2.75, 3.05) is 19.6 Å². The second-order valence-electron chi connectivity index (χ2n) is 6.54. The van der Waals surface area contributed by atoms with E-state index in [1.165, 1.54) is 25.1 Å². The van der Waals surface area contributed by atoms with Crippen molar-refractivity contribution in [2.24, 2.45) is 5.41 Å². The van der Waals surface area contributed by atoms with E-state index in [2.05, 4.69) is 54.4 Å². The average molecular weight is 244 g/mol. The molecule has 0 aromatic heterocycles. The van der Waals surface area contributed by atoms with Gasteiger partial charge >= 0.3 is 0 Å². The molecule has 98 valence electrons. The number of nitrogens with zero attached hydrogens (tertiary/aromatic N) is 1. The van der Waals surface area contributed by atoms with Crippen molar-refractivity contribution in [3.05, 3.63) is 35.9 Å². The minimum absolute atomic E-state index is 0.564. The van der Waals surface area contributed by atoms with Gasteiger partial charge in [-0.15, -0.1) is 0 Å². The number of nitrogens with one attached hydrogen (secondary N) is 1. The van der Waals surface area contributed by atoms with Crippen molar-refractivity contribution >= 4 is 0 Å². The second-order valence-corrected chi connectivity index (χ2v) is 6.54. The zero-order valence-electron chi connectivity index (χ0n) is 11.5. The van der Waals surface area contributed by atoms with Gasteiger partial charge in [0.15, 0.2) is 0 Å². The van der Waals surface area contributed by atoms with Crippen LogP contribution in [0.5, 0.6) is 0 Å². The third kappa shape index (κ3) is 2.60. The van der Waals surface area contributed by atoms with Gasteiger partial charge < -0.3 is 5.32 Å². The molecular weight excluding hydrogens is 220 g/mol. The Kier molecular flexibility index (Phi) is 3.16.